The summed E-state index contributed by atoms with van der Waals surface area (Å²) in [6.45, 7) is 4.50. The van der Waals surface area contributed by atoms with Crippen LogP contribution in [0.1, 0.15) is 39.0 Å². The van der Waals surface area contributed by atoms with Crippen LogP contribution in [0.2, 0.25) is 0 Å². The van der Waals surface area contributed by atoms with Gasteiger partial charge in [-0.25, -0.2) is 4.39 Å². The lowest BCUT2D eigenvalue weighted by Gasteiger charge is -2.38. The van der Waals surface area contributed by atoms with Crippen molar-refractivity contribution in [2.75, 3.05) is 20.1 Å². The molecule has 1 saturated heterocycles. The number of halogens is 1. The molecule has 0 N–H and O–H groups in total. The lowest BCUT2D eigenvalue weighted by atomic mass is 9.72. The summed E-state index contributed by atoms with van der Waals surface area (Å²) < 4.78 is 13.6. The molecule has 15 heavy (non-hydrogen) atoms. The molecule has 0 radical (unpaired) electrons. The summed E-state index contributed by atoms with van der Waals surface area (Å²) in [5.74, 6) is 1.81. The molecule has 2 heteroatoms. The van der Waals surface area contributed by atoms with Gasteiger partial charge in [-0.2, -0.15) is 0 Å². The van der Waals surface area contributed by atoms with Crippen molar-refractivity contribution in [3.05, 3.63) is 0 Å². The average molecular weight is 213 g/mol. The summed E-state index contributed by atoms with van der Waals surface area (Å²) in [5, 5.41) is 0. The monoisotopic (exact) mass is 213 g/mol. The number of piperidine rings is 1. The molecule has 0 bridgehead atoms. The van der Waals surface area contributed by atoms with Crippen molar-refractivity contribution in [3.8, 4) is 0 Å². The van der Waals surface area contributed by atoms with Gasteiger partial charge < -0.3 is 4.90 Å². The van der Waals surface area contributed by atoms with Crippen molar-refractivity contribution in [1.82, 2.24) is 4.90 Å². The molecule has 1 aliphatic heterocycles. The Hall–Kier alpha value is -0.110. The second-order valence-corrected chi connectivity index (χ2v) is 5.71. The third-order valence-corrected chi connectivity index (χ3v) is 4.57. The van der Waals surface area contributed by atoms with Gasteiger partial charge in [-0.3, -0.25) is 0 Å². The fourth-order valence-corrected chi connectivity index (χ4v) is 3.23. The first-order valence-electron chi connectivity index (χ1n) is 6.49. The minimum atomic E-state index is -0.525. The van der Waals surface area contributed by atoms with Gasteiger partial charge in [0.05, 0.1) is 0 Å². The summed E-state index contributed by atoms with van der Waals surface area (Å²) >= 11 is 0. The van der Waals surface area contributed by atoms with Crippen molar-refractivity contribution in [3.63, 3.8) is 0 Å². The Kier molecular flexibility index (Phi) is 3.65. The van der Waals surface area contributed by atoms with Gasteiger partial charge in [0.1, 0.15) is 6.17 Å². The Labute approximate surface area is 93.0 Å². The molecule has 0 spiro atoms. The zero-order valence-electron chi connectivity index (χ0n) is 10.1. The van der Waals surface area contributed by atoms with Crippen molar-refractivity contribution in [1.29, 1.82) is 0 Å². The molecule has 0 amide bonds. The number of likely N-dealkylation sites (tertiary alicyclic amines) is 1. The van der Waals surface area contributed by atoms with E-state index in [-0.39, 0.29) is 0 Å². The van der Waals surface area contributed by atoms with E-state index >= 15 is 0 Å². The molecule has 1 nitrogen and oxygen atoms in total. The van der Waals surface area contributed by atoms with Crippen LogP contribution in [0, 0.1) is 17.8 Å². The van der Waals surface area contributed by atoms with Crippen LogP contribution >= 0.6 is 0 Å². The Bertz CT molecular complexity index is 199. The average Bonchev–Trinajstić information content (AvgIpc) is 2.23. The molecule has 3 atom stereocenters. The first-order valence-corrected chi connectivity index (χ1v) is 6.49. The van der Waals surface area contributed by atoms with Gasteiger partial charge in [0.25, 0.3) is 0 Å². The molecule has 1 aliphatic carbocycles. The van der Waals surface area contributed by atoms with E-state index in [9.17, 15) is 4.39 Å². The normalized spacial score (nSPS) is 40.6. The van der Waals surface area contributed by atoms with Crippen molar-refractivity contribution >= 4 is 0 Å². The summed E-state index contributed by atoms with van der Waals surface area (Å²) in [7, 11) is 2.19. The fraction of sp³-hybridized carbons (Fsp3) is 1.00. The highest BCUT2D eigenvalue weighted by Gasteiger charge is 2.33. The molecule has 1 saturated carbocycles. The third kappa shape index (κ3) is 2.72. The third-order valence-electron chi connectivity index (χ3n) is 4.57. The topological polar surface area (TPSA) is 3.24 Å². The Morgan fingerprint density at radius 1 is 1.00 bits per heavy atom. The van der Waals surface area contributed by atoms with Crippen molar-refractivity contribution in [2.45, 2.75) is 45.2 Å². The minimum absolute atomic E-state index is 0.313. The summed E-state index contributed by atoms with van der Waals surface area (Å²) in [4.78, 5) is 2.40. The smallest absolute Gasteiger partial charge is 0.103 e. The predicted octanol–water partition coefficient (Wildman–Crippen LogP) is 3.10. The van der Waals surface area contributed by atoms with Crippen LogP contribution in [0.5, 0.6) is 0 Å². The molecule has 88 valence electrons. The van der Waals surface area contributed by atoms with Crippen LogP contribution in [0.3, 0.4) is 0 Å². The standard InChI is InChI=1S/C13H24FN/c1-10-3-4-12(9-13(10)14)11-5-7-15(2)8-6-11/h10-13H,3-9H2,1-2H3. The lowest BCUT2D eigenvalue weighted by molar-refractivity contribution is 0.0778. The number of hydrogen-bond donors (Lipinski definition) is 0. The Balaban J connectivity index is 1.84. The van der Waals surface area contributed by atoms with Crippen molar-refractivity contribution in [2.24, 2.45) is 17.8 Å². The van der Waals surface area contributed by atoms with E-state index < -0.39 is 6.17 Å². The SMILES string of the molecule is CC1CCC(C2CCN(C)CC2)CC1F. The van der Waals surface area contributed by atoms with Gasteiger partial charge in [-0.1, -0.05) is 6.92 Å². The summed E-state index contributed by atoms with van der Waals surface area (Å²) in [6, 6.07) is 0. The van der Waals surface area contributed by atoms with Crippen LogP contribution in [-0.2, 0) is 0 Å². The maximum absolute atomic E-state index is 13.6. The van der Waals surface area contributed by atoms with Gasteiger partial charge in [0.2, 0.25) is 0 Å². The highest BCUT2D eigenvalue weighted by molar-refractivity contribution is 4.84. The van der Waals surface area contributed by atoms with Crippen molar-refractivity contribution < 1.29 is 4.39 Å². The lowest BCUT2D eigenvalue weighted by Crippen LogP contribution is -2.36. The van der Waals surface area contributed by atoms with E-state index in [0.717, 1.165) is 18.8 Å². The maximum Gasteiger partial charge on any atom is 0.103 e. The van der Waals surface area contributed by atoms with Crippen LogP contribution in [-0.4, -0.2) is 31.2 Å². The molecular weight excluding hydrogens is 189 g/mol. The van der Waals surface area contributed by atoms with E-state index in [0.29, 0.717) is 11.8 Å². The predicted molar refractivity (Wildman–Crippen MR) is 61.6 cm³/mol. The van der Waals surface area contributed by atoms with Gasteiger partial charge in [0, 0.05) is 0 Å². The van der Waals surface area contributed by atoms with Crippen LogP contribution in [0.25, 0.3) is 0 Å². The first kappa shape index (κ1) is 11.4. The fourth-order valence-electron chi connectivity index (χ4n) is 3.23. The van der Waals surface area contributed by atoms with E-state index in [4.69, 9.17) is 0 Å². The molecule has 3 unspecified atom stereocenters. The second kappa shape index (κ2) is 4.82. The molecule has 2 fully saturated rings. The van der Waals surface area contributed by atoms with Gasteiger partial charge in [-0.15, -0.1) is 0 Å². The Morgan fingerprint density at radius 3 is 2.27 bits per heavy atom. The number of rotatable bonds is 1. The second-order valence-electron chi connectivity index (χ2n) is 5.71. The zero-order chi connectivity index (χ0) is 10.8. The van der Waals surface area contributed by atoms with E-state index in [2.05, 4.69) is 18.9 Å². The Morgan fingerprint density at radius 2 is 1.67 bits per heavy atom. The molecule has 2 aliphatic rings. The quantitative estimate of drug-likeness (QED) is 0.647. The van der Waals surface area contributed by atoms with E-state index in [1.165, 1.54) is 32.4 Å². The van der Waals surface area contributed by atoms with Crippen LogP contribution in [0.15, 0.2) is 0 Å². The minimum Gasteiger partial charge on any atom is -0.306 e. The first-order chi connectivity index (χ1) is 7.16. The van der Waals surface area contributed by atoms with Gasteiger partial charge in [0.15, 0.2) is 0 Å². The number of hydrogen-bond acceptors (Lipinski definition) is 1. The molecular formula is C13H24FN. The maximum atomic E-state index is 13.6. The molecule has 1 heterocycles. The summed E-state index contributed by atoms with van der Waals surface area (Å²) in [6.07, 6.45) is 5.29. The summed E-state index contributed by atoms with van der Waals surface area (Å²) in [5.41, 5.74) is 0. The van der Waals surface area contributed by atoms with E-state index in [1.54, 1.807) is 0 Å². The molecule has 0 aromatic heterocycles. The molecule has 2 rings (SSSR count). The van der Waals surface area contributed by atoms with Gasteiger partial charge >= 0.3 is 0 Å². The van der Waals surface area contributed by atoms with Gasteiger partial charge in [-0.05, 0) is 70.0 Å². The molecule has 0 aromatic rings. The largest absolute Gasteiger partial charge is 0.306 e. The zero-order valence-corrected chi connectivity index (χ0v) is 10.1. The van der Waals surface area contributed by atoms with E-state index in [1.807, 2.05) is 0 Å². The van der Waals surface area contributed by atoms with Crippen LogP contribution < -0.4 is 0 Å². The highest BCUT2D eigenvalue weighted by atomic mass is 19.1. The highest BCUT2D eigenvalue weighted by Crippen LogP contribution is 2.38. The number of alkyl halides is 1. The molecule has 0 aromatic carbocycles. The van der Waals surface area contributed by atoms with Crippen LogP contribution in [0.4, 0.5) is 4.39 Å². The number of nitrogens with zero attached hydrogens (tertiary/aromatic N) is 1.